The van der Waals surface area contributed by atoms with Gasteiger partial charge in [-0.15, -0.1) is 0 Å². The largest absolute Gasteiger partial charge is 0.378 e. The van der Waals surface area contributed by atoms with Gasteiger partial charge in [0.1, 0.15) is 6.17 Å². The summed E-state index contributed by atoms with van der Waals surface area (Å²) in [6.07, 6.45) is -0.555. The van der Waals surface area contributed by atoms with Crippen LogP contribution in [-0.4, -0.2) is 55.9 Å². The molecular weight excluding hydrogens is 187 g/mol. The second kappa shape index (κ2) is 4.23. The summed E-state index contributed by atoms with van der Waals surface area (Å²) in [5, 5.41) is 2.90. The molecule has 0 aromatic heterocycles. The second-order valence-electron chi connectivity index (χ2n) is 3.73. The smallest absolute Gasteiger partial charge is 0.239 e. The third kappa shape index (κ3) is 2.04. The number of nitrogens with zero attached hydrogens (tertiary/aromatic N) is 1. The van der Waals surface area contributed by atoms with E-state index in [2.05, 4.69) is 5.32 Å². The highest BCUT2D eigenvalue weighted by molar-refractivity contribution is 5.82. The fourth-order valence-electron chi connectivity index (χ4n) is 1.88. The first kappa shape index (κ1) is 9.86. The quantitative estimate of drug-likeness (QED) is 0.626. The fourth-order valence-corrected chi connectivity index (χ4v) is 1.88. The Bertz CT molecular complexity index is 212. The lowest BCUT2D eigenvalue weighted by Crippen LogP contribution is -2.48. The first-order valence-electron chi connectivity index (χ1n) is 5.01. The average Bonchev–Trinajstić information content (AvgIpc) is 2.65. The molecule has 2 saturated heterocycles. The molecule has 14 heavy (non-hydrogen) atoms. The van der Waals surface area contributed by atoms with Crippen LogP contribution in [0.3, 0.4) is 0 Å². The van der Waals surface area contributed by atoms with Crippen LogP contribution in [0.2, 0.25) is 0 Å². The van der Waals surface area contributed by atoms with Gasteiger partial charge in [0, 0.05) is 26.1 Å². The Morgan fingerprint density at radius 1 is 1.43 bits per heavy atom. The van der Waals surface area contributed by atoms with Gasteiger partial charge < -0.3 is 15.0 Å². The van der Waals surface area contributed by atoms with Crippen LogP contribution in [0.25, 0.3) is 0 Å². The predicted octanol–water partition coefficient (Wildman–Crippen LogP) is -0.455. The third-order valence-electron chi connectivity index (χ3n) is 2.70. The van der Waals surface area contributed by atoms with E-state index < -0.39 is 6.17 Å². The van der Waals surface area contributed by atoms with Gasteiger partial charge in [0.2, 0.25) is 5.91 Å². The van der Waals surface area contributed by atoms with Crippen LogP contribution >= 0.6 is 0 Å². The lowest BCUT2D eigenvalue weighted by molar-refractivity contribution is -0.137. The number of ether oxygens (including phenoxy) is 1. The van der Waals surface area contributed by atoms with Crippen molar-refractivity contribution in [1.82, 2.24) is 10.2 Å². The monoisotopic (exact) mass is 202 g/mol. The van der Waals surface area contributed by atoms with Crippen molar-refractivity contribution < 1.29 is 13.9 Å². The summed E-state index contributed by atoms with van der Waals surface area (Å²) in [6, 6.07) is -0.317. The number of carbonyl (C=O) groups excluding carboxylic acids is 1. The van der Waals surface area contributed by atoms with Gasteiger partial charge in [-0.25, -0.2) is 4.39 Å². The minimum Gasteiger partial charge on any atom is -0.378 e. The van der Waals surface area contributed by atoms with E-state index in [0.29, 0.717) is 39.3 Å². The lowest BCUT2D eigenvalue weighted by atomic mass is 10.2. The molecule has 4 nitrogen and oxygen atoms in total. The fraction of sp³-hybridized carbons (Fsp3) is 0.889. The van der Waals surface area contributed by atoms with E-state index in [1.54, 1.807) is 4.90 Å². The van der Waals surface area contributed by atoms with Crippen LogP contribution in [0.1, 0.15) is 6.42 Å². The summed E-state index contributed by atoms with van der Waals surface area (Å²) in [5.41, 5.74) is 0. The van der Waals surface area contributed by atoms with E-state index in [1.807, 2.05) is 0 Å². The Labute approximate surface area is 82.4 Å². The van der Waals surface area contributed by atoms with Gasteiger partial charge in [0.15, 0.2) is 0 Å². The summed E-state index contributed by atoms with van der Waals surface area (Å²) >= 11 is 0. The topological polar surface area (TPSA) is 41.6 Å². The standard InChI is InChI=1S/C9H15FN2O2/c10-7-5-8(11-6-7)9(13)12-1-3-14-4-2-12/h7-8,11H,1-6H2. The maximum Gasteiger partial charge on any atom is 0.239 e. The summed E-state index contributed by atoms with van der Waals surface area (Å²) in [4.78, 5) is 13.5. The van der Waals surface area contributed by atoms with E-state index in [9.17, 15) is 9.18 Å². The average molecular weight is 202 g/mol. The zero-order chi connectivity index (χ0) is 9.97. The van der Waals surface area contributed by atoms with Gasteiger partial charge in [-0.3, -0.25) is 4.79 Å². The van der Waals surface area contributed by atoms with Crippen molar-refractivity contribution in [3.05, 3.63) is 0 Å². The SMILES string of the molecule is O=C(C1CC(F)CN1)N1CCOCC1. The van der Waals surface area contributed by atoms with E-state index >= 15 is 0 Å². The van der Waals surface area contributed by atoms with Crippen molar-refractivity contribution in [2.75, 3.05) is 32.8 Å². The normalized spacial score (nSPS) is 33.4. The molecule has 5 heteroatoms. The highest BCUT2D eigenvalue weighted by Crippen LogP contribution is 2.13. The molecule has 0 spiro atoms. The Hall–Kier alpha value is -0.680. The first-order chi connectivity index (χ1) is 6.77. The molecule has 0 radical (unpaired) electrons. The minimum atomic E-state index is -0.870. The number of rotatable bonds is 1. The maximum absolute atomic E-state index is 12.8. The molecule has 2 aliphatic heterocycles. The van der Waals surface area contributed by atoms with Crippen molar-refractivity contribution in [2.45, 2.75) is 18.6 Å². The van der Waals surface area contributed by atoms with Crippen molar-refractivity contribution in [3.63, 3.8) is 0 Å². The molecule has 1 N–H and O–H groups in total. The molecule has 0 aromatic rings. The zero-order valence-corrected chi connectivity index (χ0v) is 8.04. The van der Waals surface area contributed by atoms with Gasteiger partial charge in [0.25, 0.3) is 0 Å². The summed E-state index contributed by atoms with van der Waals surface area (Å²) < 4.78 is 18.0. The van der Waals surface area contributed by atoms with Crippen LogP contribution in [0.4, 0.5) is 4.39 Å². The highest BCUT2D eigenvalue weighted by Gasteiger charge is 2.32. The van der Waals surface area contributed by atoms with Crippen LogP contribution in [0.5, 0.6) is 0 Å². The van der Waals surface area contributed by atoms with E-state index in [0.717, 1.165) is 0 Å². The first-order valence-corrected chi connectivity index (χ1v) is 5.01. The molecule has 0 saturated carbocycles. The second-order valence-corrected chi connectivity index (χ2v) is 3.73. The number of amides is 1. The molecule has 2 fully saturated rings. The number of alkyl halides is 1. The van der Waals surface area contributed by atoms with Crippen molar-refractivity contribution in [3.8, 4) is 0 Å². The van der Waals surface area contributed by atoms with E-state index in [1.165, 1.54) is 0 Å². The Balaban J connectivity index is 1.87. The molecule has 80 valence electrons. The molecular formula is C9H15FN2O2. The molecule has 0 aliphatic carbocycles. The van der Waals surface area contributed by atoms with Crippen molar-refractivity contribution >= 4 is 5.91 Å². The van der Waals surface area contributed by atoms with E-state index in [4.69, 9.17) is 4.74 Å². The number of morpholine rings is 1. The zero-order valence-electron chi connectivity index (χ0n) is 8.04. The number of hydrogen-bond acceptors (Lipinski definition) is 3. The van der Waals surface area contributed by atoms with Crippen LogP contribution in [0.15, 0.2) is 0 Å². The highest BCUT2D eigenvalue weighted by atomic mass is 19.1. The number of carbonyl (C=O) groups is 1. The molecule has 2 aliphatic rings. The minimum absolute atomic E-state index is 0.0217. The Morgan fingerprint density at radius 2 is 2.14 bits per heavy atom. The van der Waals surface area contributed by atoms with E-state index in [-0.39, 0.29) is 11.9 Å². The lowest BCUT2D eigenvalue weighted by Gasteiger charge is -2.29. The summed E-state index contributed by atoms with van der Waals surface area (Å²) in [6.45, 7) is 2.76. The number of halogens is 1. The predicted molar refractivity (Wildman–Crippen MR) is 48.7 cm³/mol. The molecule has 2 heterocycles. The molecule has 2 unspecified atom stereocenters. The van der Waals surface area contributed by atoms with Crippen LogP contribution in [0, 0.1) is 0 Å². The van der Waals surface area contributed by atoms with Crippen LogP contribution < -0.4 is 5.32 Å². The van der Waals surface area contributed by atoms with Gasteiger partial charge in [0.05, 0.1) is 19.3 Å². The number of nitrogens with one attached hydrogen (secondary N) is 1. The van der Waals surface area contributed by atoms with Gasteiger partial charge in [-0.05, 0) is 0 Å². The maximum atomic E-state index is 12.8. The molecule has 1 amide bonds. The molecule has 2 atom stereocenters. The summed E-state index contributed by atoms with van der Waals surface area (Å²) in [5.74, 6) is 0.0217. The van der Waals surface area contributed by atoms with Crippen molar-refractivity contribution in [2.24, 2.45) is 0 Å². The van der Waals surface area contributed by atoms with Gasteiger partial charge in [-0.1, -0.05) is 0 Å². The van der Waals surface area contributed by atoms with Gasteiger partial charge >= 0.3 is 0 Å². The van der Waals surface area contributed by atoms with Crippen LogP contribution in [-0.2, 0) is 9.53 Å². The molecule has 0 aromatic carbocycles. The van der Waals surface area contributed by atoms with Crippen molar-refractivity contribution in [1.29, 1.82) is 0 Å². The Morgan fingerprint density at radius 3 is 2.71 bits per heavy atom. The molecule has 2 rings (SSSR count). The Kier molecular flexibility index (Phi) is 2.98. The third-order valence-corrected chi connectivity index (χ3v) is 2.70. The number of hydrogen-bond donors (Lipinski definition) is 1. The summed E-state index contributed by atoms with van der Waals surface area (Å²) in [7, 11) is 0. The van der Waals surface area contributed by atoms with Gasteiger partial charge in [-0.2, -0.15) is 0 Å². The molecule has 0 bridgehead atoms.